The van der Waals surface area contributed by atoms with Crippen LogP contribution in [0, 0.1) is 6.92 Å². The van der Waals surface area contributed by atoms with Crippen LogP contribution in [0.5, 0.6) is 0 Å². The number of nitrogens with one attached hydrogen (secondary N) is 2. The normalized spacial score (nSPS) is 12.3. The molecule has 0 aliphatic rings. The van der Waals surface area contributed by atoms with Crippen molar-refractivity contribution in [1.82, 2.24) is 15.5 Å². The van der Waals surface area contributed by atoms with Gasteiger partial charge in [-0.25, -0.2) is 16.8 Å². The molecule has 0 atom stereocenters. The lowest BCUT2D eigenvalue weighted by Crippen LogP contribution is -2.27. The van der Waals surface area contributed by atoms with Gasteiger partial charge >= 0.3 is 0 Å². The molecule has 0 radical (unpaired) electrons. The maximum Gasteiger partial charge on any atom is 0.273 e. The molecule has 0 bridgehead atoms. The fourth-order valence-corrected chi connectivity index (χ4v) is 3.51. The number of aromatic amines is 1. The van der Waals surface area contributed by atoms with Gasteiger partial charge in [0.05, 0.1) is 11.4 Å². The van der Waals surface area contributed by atoms with Crippen LogP contribution in [-0.4, -0.2) is 51.5 Å². The first-order chi connectivity index (χ1) is 9.02. The number of sulfone groups is 1. The number of aryl methyl sites for hydroxylation is 1. The minimum absolute atomic E-state index is 0.0759. The SMILES string of the molecule is Cc1[nH]nc(C(=O)NCCCS(C)(=O)=O)c1S(=O)(=O)Cl. The van der Waals surface area contributed by atoms with Crippen molar-refractivity contribution in [2.75, 3.05) is 18.6 Å². The van der Waals surface area contributed by atoms with Crippen LogP contribution in [-0.2, 0) is 18.9 Å². The van der Waals surface area contributed by atoms with Crippen LogP contribution in [0.2, 0.25) is 0 Å². The third kappa shape index (κ3) is 4.76. The standard InChI is InChI=1S/C9H14ClN3O5S2/c1-6-8(20(10,17)18)7(13-12-6)9(14)11-4-3-5-19(2,15)16/h3-5H2,1-2H3,(H,11,14)(H,12,13). The minimum Gasteiger partial charge on any atom is -0.351 e. The summed E-state index contributed by atoms with van der Waals surface area (Å²) in [6.45, 7) is 1.50. The average Bonchev–Trinajstić information content (AvgIpc) is 2.64. The molecule has 2 N–H and O–H groups in total. The topological polar surface area (TPSA) is 126 Å². The Hall–Kier alpha value is -1.13. The zero-order valence-corrected chi connectivity index (χ0v) is 13.2. The lowest BCUT2D eigenvalue weighted by Gasteiger charge is -2.03. The lowest BCUT2D eigenvalue weighted by molar-refractivity contribution is 0.0945. The average molecular weight is 344 g/mol. The second-order valence-corrected chi connectivity index (χ2v) is 8.97. The maximum atomic E-state index is 11.8. The van der Waals surface area contributed by atoms with Gasteiger partial charge in [-0.15, -0.1) is 0 Å². The highest BCUT2D eigenvalue weighted by atomic mass is 35.7. The molecule has 0 saturated carbocycles. The van der Waals surface area contributed by atoms with Gasteiger partial charge in [0.25, 0.3) is 15.0 Å². The van der Waals surface area contributed by atoms with Crippen molar-refractivity contribution < 1.29 is 21.6 Å². The highest BCUT2D eigenvalue weighted by Gasteiger charge is 2.26. The van der Waals surface area contributed by atoms with Crippen LogP contribution in [0.25, 0.3) is 0 Å². The van der Waals surface area contributed by atoms with Crippen molar-refractivity contribution in [2.45, 2.75) is 18.2 Å². The van der Waals surface area contributed by atoms with E-state index in [0.29, 0.717) is 0 Å². The summed E-state index contributed by atoms with van der Waals surface area (Å²) in [4.78, 5) is 11.4. The summed E-state index contributed by atoms with van der Waals surface area (Å²) >= 11 is 0. The second kappa shape index (κ2) is 6.10. The molecular formula is C9H14ClN3O5S2. The molecule has 0 fully saturated rings. The Labute approximate surface area is 121 Å². The molecule has 0 aliphatic heterocycles. The molecule has 0 unspecified atom stereocenters. The Balaban J connectivity index is 2.75. The molecule has 8 nitrogen and oxygen atoms in total. The molecule has 1 aromatic heterocycles. The van der Waals surface area contributed by atoms with Crippen molar-refractivity contribution in [2.24, 2.45) is 0 Å². The molecule has 0 aromatic carbocycles. The van der Waals surface area contributed by atoms with E-state index >= 15 is 0 Å². The van der Waals surface area contributed by atoms with E-state index < -0.39 is 24.8 Å². The van der Waals surface area contributed by atoms with Gasteiger partial charge in [-0.3, -0.25) is 9.89 Å². The van der Waals surface area contributed by atoms with Crippen LogP contribution >= 0.6 is 10.7 Å². The lowest BCUT2D eigenvalue weighted by atomic mass is 10.3. The zero-order chi connectivity index (χ0) is 15.6. The molecule has 114 valence electrons. The van der Waals surface area contributed by atoms with E-state index in [-0.39, 0.29) is 35.0 Å². The number of nitrogens with zero attached hydrogens (tertiary/aromatic N) is 1. The predicted octanol–water partition coefficient (Wildman–Crippen LogP) is -0.190. The van der Waals surface area contributed by atoms with E-state index in [9.17, 15) is 21.6 Å². The second-order valence-electron chi connectivity index (χ2n) is 4.20. The number of H-pyrrole nitrogens is 1. The first-order valence-corrected chi connectivity index (χ1v) is 9.85. The molecule has 1 heterocycles. The van der Waals surface area contributed by atoms with Gasteiger partial charge in [-0.1, -0.05) is 0 Å². The maximum absolute atomic E-state index is 11.8. The third-order valence-electron chi connectivity index (χ3n) is 2.33. The van der Waals surface area contributed by atoms with E-state index in [2.05, 4.69) is 15.5 Å². The Bertz CT molecular complexity index is 708. The smallest absolute Gasteiger partial charge is 0.273 e. The van der Waals surface area contributed by atoms with Crippen LogP contribution in [0.1, 0.15) is 22.6 Å². The number of halogens is 1. The largest absolute Gasteiger partial charge is 0.351 e. The zero-order valence-electron chi connectivity index (χ0n) is 10.8. The molecule has 0 spiro atoms. The van der Waals surface area contributed by atoms with Crippen molar-refractivity contribution >= 4 is 35.5 Å². The molecular weight excluding hydrogens is 330 g/mol. The van der Waals surface area contributed by atoms with E-state index in [1.165, 1.54) is 6.92 Å². The van der Waals surface area contributed by atoms with Gasteiger partial charge in [0.15, 0.2) is 5.69 Å². The number of amides is 1. The fourth-order valence-electron chi connectivity index (χ4n) is 1.49. The first-order valence-electron chi connectivity index (χ1n) is 5.48. The molecule has 1 rings (SSSR count). The summed E-state index contributed by atoms with van der Waals surface area (Å²) in [5.74, 6) is -0.810. The van der Waals surface area contributed by atoms with E-state index in [4.69, 9.17) is 10.7 Å². The van der Waals surface area contributed by atoms with Gasteiger partial charge in [0, 0.05) is 23.5 Å². The van der Waals surface area contributed by atoms with Crippen LogP contribution in [0.15, 0.2) is 4.90 Å². The highest BCUT2D eigenvalue weighted by Crippen LogP contribution is 2.21. The van der Waals surface area contributed by atoms with Gasteiger partial charge in [0.1, 0.15) is 14.7 Å². The predicted molar refractivity (Wildman–Crippen MR) is 73.0 cm³/mol. The van der Waals surface area contributed by atoms with Crippen molar-refractivity contribution in [3.8, 4) is 0 Å². The van der Waals surface area contributed by atoms with E-state index in [1.54, 1.807) is 0 Å². The molecule has 11 heteroatoms. The van der Waals surface area contributed by atoms with Crippen LogP contribution < -0.4 is 5.32 Å². The molecule has 1 amide bonds. The Morgan fingerprint density at radius 2 is 1.95 bits per heavy atom. The van der Waals surface area contributed by atoms with E-state index in [1.807, 2.05) is 0 Å². The summed E-state index contributed by atoms with van der Waals surface area (Å²) in [6, 6.07) is 0. The number of hydrogen-bond acceptors (Lipinski definition) is 6. The fraction of sp³-hybridized carbons (Fsp3) is 0.556. The van der Waals surface area contributed by atoms with Gasteiger partial charge in [0.2, 0.25) is 0 Å². The molecule has 20 heavy (non-hydrogen) atoms. The van der Waals surface area contributed by atoms with Gasteiger partial charge < -0.3 is 5.32 Å². The van der Waals surface area contributed by atoms with Crippen molar-refractivity contribution in [3.05, 3.63) is 11.4 Å². The van der Waals surface area contributed by atoms with Gasteiger partial charge in [-0.2, -0.15) is 5.10 Å². The number of aromatic nitrogens is 2. The quantitative estimate of drug-likeness (QED) is 0.544. The molecule has 1 aromatic rings. The monoisotopic (exact) mass is 343 g/mol. The third-order valence-corrected chi connectivity index (χ3v) is 4.81. The van der Waals surface area contributed by atoms with Crippen molar-refractivity contribution in [3.63, 3.8) is 0 Å². The van der Waals surface area contributed by atoms with Crippen molar-refractivity contribution in [1.29, 1.82) is 0 Å². The Kier molecular flexibility index (Phi) is 5.16. The number of carbonyl (C=O) groups excluding carboxylic acids is 1. The summed E-state index contributed by atoms with van der Waals surface area (Å²) in [5.41, 5.74) is -0.182. The summed E-state index contributed by atoms with van der Waals surface area (Å²) in [7, 11) is -1.97. The first kappa shape index (κ1) is 16.9. The summed E-state index contributed by atoms with van der Waals surface area (Å²) in [6.07, 6.45) is 1.31. The number of carbonyl (C=O) groups is 1. The Morgan fingerprint density at radius 3 is 2.45 bits per heavy atom. The molecule has 0 saturated heterocycles. The highest BCUT2D eigenvalue weighted by molar-refractivity contribution is 8.13. The van der Waals surface area contributed by atoms with E-state index in [0.717, 1.165) is 6.26 Å². The summed E-state index contributed by atoms with van der Waals surface area (Å²) < 4.78 is 44.5. The van der Waals surface area contributed by atoms with Crippen LogP contribution in [0.3, 0.4) is 0 Å². The van der Waals surface area contributed by atoms with Gasteiger partial charge in [-0.05, 0) is 13.3 Å². The van der Waals surface area contributed by atoms with Crippen LogP contribution in [0.4, 0.5) is 0 Å². The minimum atomic E-state index is -4.10. The molecule has 0 aliphatic carbocycles. The number of rotatable bonds is 6. The number of hydrogen-bond donors (Lipinski definition) is 2. The summed E-state index contributed by atoms with van der Waals surface area (Å²) in [5, 5.41) is 8.35. The Morgan fingerprint density at radius 1 is 1.35 bits per heavy atom.